The van der Waals surface area contributed by atoms with Crippen molar-refractivity contribution in [2.24, 2.45) is 0 Å². The summed E-state index contributed by atoms with van der Waals surface area (Å²) in [4.78, 5) is 10.2. The number of benzene rings is 5. The number of aromatic hydroxyl groups is 1. The average molecular weight is 943 g/mol. The maximum absolute atomic E-state index is 11.6. The van der Waals surface area contributed by atoms with E-state index in [1.165, 1.54) is 17.7 Å². The van der Waals surface area contributed by atoms with Gasteiger partial charge in [-0.1, -0.05) is 134 Å². The van der Waals surface area contributed by atoms with Crippen molar-refractivity contribution in [2.45, 2.75) is 106 Å². The summed E-state index contributed by atoms with van der Waals surface area (Å²) in [6.07, 6.45) is 2.65. The average Bonchev–Trinajstić information content (AvgIpc) is 3.60. The number of aryl methyl sites for hydroxylation is 3. The fourth-order valence-electron chi connectivity index (χ4n) is 7.36. The standard InChI is InChI=1S/C52H56N3O.Pt/c1-13-52(11,12)40-21-22-45(33(3)27-40)55-46-16-14-15-42(47(46)54-49(55)43-26-32(2)25-34(4)48(43)56)37-28-38(30-41(29-37)51(8,9)10)44-31-36(23-24-53-44)35-17-19-39(20-18-35)50(5,6)7;/h14-27,29-31,56H,13H2,1-12H3;/q-1;/i5D3,6D3,7D3;. The number of rotatable bonds is 7. The molecule has 0 saturated carbocycles. The third kappa shape index (κ3) is 8.17. The van der Waals surface area contributed by atoms with Gasteiger partial charge in [-0.25, -0.2) is 4.98 Å². The molecule has 0 fully saturated rings. The molecule has 0 radical (unpaired) electrons. The molecule has 5 aromatic carbocycles. The summed E-state index contributed by atoms with van der Waals surface area (Å²) in [5, 5.41) is 11.6. The van der Waals surface area contributed by atoms with Crippen LogP contribution >= 0.6 is 0 Å². The van der Waals surface area contributed by atoms with Gasteiger partial charge in [0.25, 0.3) is 0 Å². The van der Waals surface area contributed by atoms with Crippen LogP contribution < -0.4 is 0 Å². The van der Waals surface area contributed by atoms with E-state index in [9.17, 15) is 5.11 Å². The quantitative estimate of drug-likeness (QED) is 0.162. The first kappa shape index (κ1) is 31.2. The van der Waals surface area contributed by atoms with E-state index < -0.39 is 26.0 Å². The Morgan fingerprint density at radius 2 is 1.40 bits per heavy atom. The molecule has 0 spiro atoms. The summed E-state index contributed by atoms with van der Waals surface area (Å²) >= 11 is 0. The Hall–Kier alpha value is -4.79. The second-order valence-electron chi connectivity index (χ2n) is 16.9. The largest absolute Gasteiger partial charge is 0.507 e. The Labute approximate surface area is 367 Å². The molecule has 7 rings (SSSR count). The van der Waals surface area contributed by atoms with Crippen LogP contribution in [-0.2, 0) is 37.3 Å². The summed E-state index contributed by atoms with van der Waals surface area (Å²) in [7, 11) is 0. The third-order valence-electron chi connectivity index (χ3n) is 11.2. The molecule has 0 atom stereocenters. The SMILES string of the molecule is [2H]C([2H])([2H])C(c1ccc(-c2ccnc(-c3[c-]c(-c4cccc5c4nc(-c4cc(C)cc(C)c4O)n5-c4ccc(C(C)(C)CC)cc4C)cc(C(C)(C)C)c3)c2)cc1)(C([2H])([2H])[2H])C([2H])([2H])[2H].[Pt]. The summed E-state index contributed by atoms with van der Waals surface area (Å²) in [6, 6.07) is 33.9. The molecule has 4 nitrogen and oxygen atoms in total. The molecule has 0 unspecified atom stereocenters. The first-order valence-electron chi connectivity index (χ1n) is 23.7. The number of hydrogen-bond donors (Lipinski definition) is 1. The van der Waals surface area contributed by atoms with Crippen molar-refractivity contribution in [3.63, 3.8) is 0 Å². The number of para-hydroxylation sites is 1. The van der Waals surface area contributed by atoms with Gasteiger partial charge in [0.2, 0.25) is 0 Å². The van der Waals surface area contributed by atoms with Crippen molar-refractivity contribution < 1.29 is 38.5 Å². The number of fused-ring (bicyclic) bond motifs is 1. The van der Waals surface area contributed by atoms with E-state index >= 15 is 0 Å². The van der Waals surface area contributed by atoms with E-state index in [4.69, 9.17) is 22.3 Å². The second-order valence-corrected chi connectivity index (χ2v) is 16.9. The summed E-state index contributed by atoms with van der Waals surface area (Å²) in [6.45, 7) is 9.07. The van der Waals surface area contributed by atoms with Crippen LogP contribution in [0.15, 0.2) is 103 Å². The summed E-state index contributed by atoms with van der Waals surface area (Å²) in [5.74, 6) is 0.786. The van der Waals surface area contributed by atoms with E-state index in [-0.39, 0.29) is 43.2 Å². The predicted octanol–water partition coefficient (Wildman–Crippen LogP) is 13.8. The molecule has 5 heteroatoms. The number of imidazole rings is 1. The van der Waals surface area contributed by atoms with E-state index in [2.05, 4.69) is 95.5 Å². The molecule has 7 aromatic rings. The topological polar surface area (TPSA) is 50.9 Å². The van der Waals surface area contributed by atoms with Crippen molar-refractivity contribution in [3.05, 3.63) is 143 Å². The van der Waals surface area contributed by atoms with Crippen LogP contribution in [-0.4, -0.2) is 19.6 Å². The number of aromatic nitrogens is 3. The van der Waals surface area contributed by atoms with E-state index in [1.54, 1.807) is 24.4 Å². The fourth-order valence-corrected chi connectivity index (χ4v) is 7.36. The first-order valence-corrected chi connectivity index (χ1v) is 19.2. The normalized spacial score (nSPS) is 15.2. The van der Waals surface area contributed by atoms with Gasteiger partial charge in [-0.15, -0.1) is 29.3 Å². The molecule has 0 aliphatic carbocycles. The Morgan fingerprint density at radius 1 is 0.702 bits per heavy atom. The van der Waals surface area contributed by atoms with Crippen LogP contribution in [0, 0.1) is 26.8 Å². The number of nitrogens with zero attached hydrogens (tertiary/aromatic N) is 3. The van der Waals surface area contributed by atoms with Crippen LogP contribution in [0.2, 0.25) is 0 Å². The molecule has 0 amide bonds. The minimum Gasteiger partial charge on any atom is -0.507 e. The maximum Gasteiger partial charge on any atom is 0.148 e. The van der Waals surface area contributed by atoms with Gasteiger partial charge in [0.15, 0.2) is 0 Å². The van der Waals surface area contributed by atoms with Crippen molar-refractivity contribution in [3.8, 4) is 56.3 Å². The molecular formula is C52H56N3OPt-. The Bertz CT molecular complexity index is 2900. The van der Waals surface area contributed by atoms with Gasteiger partial charge in [-0.3, -0.25) is 9.55 Å². The minimum atomic E-state index is -3.36. The molecule has 57 heavy (non-hydrogen) atoms. The minimum absolute atomic E-state index is 0. The van der Waals surface area contributed by atoms with Gasteiger partial charge >= 0.3 is 0 Å². The van der Waals surface area contributed by atoms with Crippen LogP contribution in [0.1, 0.15) is 114 Å². The predicted molar refractivity (Wildman–Crippen MR) is 236 cm³/mol. The molecule has 2 aromatic heterocycles. The number of phenols is 1. The number of hydrogen-bond acceptors (Lipinski definition) is 3. The Morgan fingerprint density at radius 3 is 2.07 bits per heavy atom. The van der Waals surface area contributed by atoms with Gasteiger partial charge < -0.3 is 5.11 Å². The van der Waals surface area contributed by atoms with E-state index in [0.29, 0.717) is 33.8 Å². The van der Waals surface area contributed by atoms with Crippen molar-refractivity contribution in [2.75, 3.05) is 0 Å². The molecule has 0 aliphatic heterocycles. The van der Waals surface area contributed by atoms with Crippen molar-refractivity contribution >= 4 is 11.0 Å². The summed E-state index contributed by atoms with van der Waals surface area (Å²) in [5.41, 5.74) is 8.84. The van der Waals surface area contributed by atoms with Gasteiger partial charge in [0.05, 0.1) is 22.3 Å². The van der Waals surface area contributed by atoms with Crippen molar-refractivity contribution in [1.29, 1.82) is 0 Å². The summed E-state index contributed by atoms with van der Waals surface area (Å²) < 4.78 is 75.5. The number of pyridine rings is 1. The van der Waals surface area contributed by atoms with Gasteiger partial charge in [-0.05, 0) is 107 Å². The smallest absolute Gasteiger partial charge is 0.148 e. The molecule has 1 N–H and O–H groups in total. The zero-order valence-corrected chi connectivity index (χ0v) is 36.4. The first-order chi connectivity index (χ1) is 30.1. The van der Waals surface area contributed by atoms with Crippen LogP contribution in [0.4, 0.5) is 0 Å². The molecule has 0 aliphatic rings. The molecule has 2 heterocycles. The monoisotopic (exact) mass is 942 g/mol. The van der Waals surface area contributed by atoms with Gasteiger partial charge in [0.1, 0.15) is 11.6 Å². The fraction of sp³-hybridized carbons (Fsp3) is 0.308. The molecular weight excluding hydrogens is 878 g/mol. The second kappa shape index (κ2) is 15.5. The number of phenolic OH excluding ortho intramolecular Hbond substituents is 1. The van der Waals surface area contributed by atoms with Crippen LogP contribution in [0.3, 0.4) is 0 Å². The van der Waals surface area contributed by atoms with E-state index in [0.717, 1.165) is 56.5 Å². The third-order valence-corrected chi connectivity index (χ3v) is 11.2. The van der Waals surface area contributed by atoms with Crippen LogP contribution in [0.5, 0.6) is 5.75 Å². The van der Waals surface area contributed by atoms with Crippen molar-refractivity contribution in [1.82, 2.24) is 14.5 Å². The Balaban J connectivity index is 0.00000720. The molecule has 0 bridgehead atoms. The zero-order valence-electron chi connectivity index (χ0n) is 43.1. The zero-order chi connectivity index (χ0) is 47.8. The Kier molecular flexibility index (Phi) is 8.50. The van der Waals surface area contributed by atoms with Gasteiger partial charge in [-0.2, -0.15) is 0 Å². The molecule has 296 valence electrons. The van der Waals surface area contributed by atoms with Crippen LogP contribution in [0.25, 0.3) is 61.6 Å². The molecule has 0 saturated heterocycles. The maximum atomic E-state index is 11.6. The van der Waals surface area contributed by atoms with Gasteiger partial charge in [0, 0.05) is 45.3 Å². The van der Waals surface area contributed by atoms with E-state index in [1.807, 2.05) is 44.2 Å².